The second-order valence-electron chi connectivity index (χ2n) is 12.0. The molecule has 10 nitrogen and oxygen atoms in total. The maximum absolute atomic E-state index is 13.2. The quantitative estimate of drug-likeness (QED) is 0.298. The number of aromatic nitrogens is 3. The van der Waals surface area contributed by atoms with Crippen molar-refractivity contribution in [3.8, 4) is 5.69 Å². The number of nitrogens with zero attached hydrogens (tertiary/aromatic N) is 5. The Morgan fingerprint density at radius 2 is 1.55 bits per heavy atom. The Balaban J connectivity index is 1.15. The molecular formula is C34H36F3N7O3. The monoisotopic (exact) mass is 647 g/mol. The summed E-state index contributed by atoms with van der Waals surface area (Å²) in [6.45, 7) is 4.08. The minimum Gasteiger partial charge on any atom is -0.348 e. The van der Waals surface area contributed by atoms with Gasteiger partial charge in [-0.05, 0) is 67.8 Å². The highest BCUT2D eigenvalue weighted by atomic mass is 19.4. The maximum atomic E-state index is 13.2. The van der Waals surface area contributed by atoms with Crippen molar-refractivity contribution in [2.24, 2.45) is 0 Å². The largest absolute Gasteiger partial charge is 0.416 e. The lowest BCUT2D eigenvalue weighted by molar-refractivity contribution is -0.137. The number of fused-ring (bicyclic) bond motifs is 1. The van der Waals surface area contributed by atoms with Crippen molar-refractivity contribution in [3.05, 3.63) is 93.4 Å². The molecule has 0 bridgehead atoms. The van der Waals surface area contributed by atoms with Gasteiger partial charge in [-0.15, -0.1) is 0 Å². The minimum atomic E-state index is -4.43. The number of piperazine rings is 1. The summed E-state index contributed by atoms with van der Waals surface area (Å²) < 4.78 is 40.0. The number of carbonyl (C=O) groups excluding carboxylic acids is 2. The summed E-state index contributed by atoms with van der Waals surface area (Å²) in [5.74, 6) is 0.0645. The molecule has 0 radical (unpaired) electrons. The third kappa shape index (κ3) is 7.23. The van der Waals surface area contributed by atoms with Gasteiger partial charge in [0.2, 0.25) is 5.95 Å². The molecule has 0 atom stereocenters. The average Bonchev–Trinajstić information content (AvgIpc) is 3.07. The van der Waals surface area contributed by atoms with E-state index < -0.39 is 17.6 Å². The number of urea groups is 1. The molecule has 3 amide bonds. The van der Waals surface area contributed by atoms with Gasteiger partial charge in [-0.2, -0.15) is 18.2 Å². The van der Waals surface area contributed by atoms with Crippen molar-refractivity contribution in [2.75, 3.05) is 31.1 Å². The van der Waals surface area contributed by atoms with Gasteiger partial charge in [-0.1, -0.05) is 31.4 Å². The second-order valence-corrected chi connectivity index (χ2v) is 12.0. The number of alkyl halides is 3. The highest BCUT2D eigenvalue weighted by Crippen LogP contribution is 2.29. The number of hydrogen-bond donors (Lipinski definition) is 2. The Labute approximate surface area is 269 Å². The Kier molecular flexibility index (Phi) is 9.15. The van der Waals surface area contributed by atoms with E-state index in [2.05, 4.69) is 10.6 Å². The zero-order valence-electron chi connectivity index (χ0n) is 26.0. The zero-order valence-corrected chi connectivity index (χ0v) is 26.0. The minimum absolute atomic E-state index is 0.0299. The van der Waals surface area contributed by atoms with Crippen molar-refractivity contribution < 1.29 is 22.8 Å². The van der Waals surface area contributed by atoms with Crippen molar-refractivity contribution in [1.29, 1.82) is 0 Å². The summed E-state index contributed by atoms with van der Waals surface area (Å²) in [6.07, 6.45) is 1.15. The van der Waals surface area contributed by atoms with Crippen LogP contribution in [-0.4, -0.2) is 63.6 Å². The first-order valence-electron chi connectivity index (χ1n) is 15.8. The number of halogens is 3. The van der Waals surface area contributed by atoms with Crippen LogP contribution in [0.5, 0.6) is 0 Å². The fourth-order valence-corrected chi connectivity index (χ4v) is 6.12. The lowest BCUT2D eigenvalue weighted by Gasteiger charge is -2.36. The predicted octanol–water partition coefficient (Wildman–Crippen LogP) is 5.20. The Morgan fingerprint density at radius 1 is 0.872 bits per heavy atom. The number of pyridine rings is 1. The Morgan fingerprint density at radius 3 is 2.21 bits per heavy atom. The molecule has 1 aliphatic heterocycles. The van der Waals surface area contributed by atoms with Gasteiger partial charge in [0.15, 0.2) is 5.65 Å². The standard InChI is InChI=1S/C34H36F3N7O3/c1-22-28-15-16-29(45)44(27-13-9-24(10-14-27)31(46)38-21-23-7-11-25(12-8-23)34(35,36)37)30(28)41-32(39-22)42-17-19-43(20-18-42)33(47)40-26-5-3-2-4-6-26/h7-16,26H,2-6,17-21H2,1H3,(H,38,46)(H,40,47). The Bertz CT molecular complexity index is 1810. The van der Waals surface area contributed by atoms with Crippen LogP contribution in [0.15, 0.2) is 65.5 Å². The molecule has 3 heterocycles. The van der Waals surface area contributed by atoms with Crippen LogP contribution in [0.1, 0.15) is 59.3 Å². The SMILES string of the molecule is Cc1nc(N2CCN(C(=O)NC3CCCCC3)CC2)nc2c1ccc(=O)n2-c1ccc(C(=O)NCc2ccc(C(F)(F)F)cc2)cc1. The fourth-order valence-electron chi connectivity index (χ4n) is 6.12. The summed E-state index contributed by atoms with van der Waals surface area (Å²) in [4.78, 5) is 52.2. The molecule has 2 aromatic heterocycles. The smallest absolute Gasteiger partial charge is 0.348 e. The van der Waals surface area contributed by atoms with Gasteiger partial charge in [0, 0.05) is 55.8 Å². The second kappa shape index (κ2) is 13.4. The van der Waals surface area contributed by atoms with E-state index in [1.54, 1.807) is 30.3 Å². The van der Waals surface area contributed by atoms with E-state index in [1.807, 2.05) is 16.7 Å². The van der Waals surface area contributed by atoms with Gasteiger partial charge in [-0.3, -0.25) is 14.2 Å². The number of benzene rings is 2. The number of anilines is 1. The van der Waals surface area contributed by atoms with Crippen LogP contribution in [0.3, 0.4) is 0 Å². The molecule has 246 valence electrons. The summed E-state index contributed by atoms with van der Waals surface area (Å²) in [6, 6.07) is 14.4. The maximum Gasteiger partial charge on any atom is 0.416 e. The molecule has 2 N–H and O–H groups in total. The molecule has 1 saturated carbocycles. The first-order chi connectivity index (χ1) is 22.6. The summed E-state index contributed by atoms with van der Waals surface area (Å²) in [7, 11) is 0. The third-order valence-electron chi connectivity index (χ3n) is 8.83. The lowest BCUT2D eigenvalue weighted by atomic mass is 9.96. The normalized spacial score (nSPS) is 15.9. The van der Waals surface area contributed by atoms with Gasteiger partial charge in [0.1, 0.15) is 0 Å². The summed E-state index contributed by atoms with van der Waals surface area (Å²) in [5.41, 5.74) is 1.44. The van der Waals surface area contributed by atoms with E-state index >= 15 is 0 Å². The predicted molar refractivity (Wildman–Crippen MR) is 172 cm³/mol. The topological polar surface area (TPSA) is 112 Å². The van der Waals surface area contributed by atoms with Crippen LogP contribution < -0.4 is 21.1 Å². The van der Waals surface area contributed by atoms with E-state index in [-0.39, 0.29) is 24.2 Å². The number of amides is 3. The van der Waals surface area contributed by atoms with E-state index in [0.29, 0.717) is 65.7 Å². The number of nitrogens with one attached hydrogen (secondary N) is 2. The molecule has 1 saturated heterocycles. The van der Waals surface area contributed by atoms with Gasteiger partial charge >= 0.3 is 12.2 Å². The van der Waals surface area contributed by atoms with Crippen molar-refractivity contribution in [1.82, 2.24) is 30.1 Å². The molecule has 6 rings (SSSR count). The van der Waals surface area contributed by atoms with Crippen LogP contribution >= 0.6 is 0 Å². The molecule has 4 aromatic rings. The van der Waals surface area contributed by atoms with Crippen molar-refractivity contribution in [2.45, 2.75) is 57.8 Å². The first kappa shape index (κ1) is 32.0. The summed E-state index contributed by atoms with van der Waals surface area (Å²) >= 11 is 0. The van der Waals surface area contributed by atoms with Crippen LogP contribution in [0.2, 0.25) is 0 Å². The fraction of sp³-hybridized carbons (Fsp3) is 0.382. The van der Waals surface area contributed by atoms with E-state index in [0.717, 1.165) is 37.8 Å². The van der Waals surface area contributed by atoms with Crippen LogP contribution in [0, 0.1) is 6.92 Å². The lowest BCUT2D eigenvalue weighted by Crippen LogP contribution is -2.54. The number of rotatable bonds is 6. The highest BCUT2D eigenvalue weighted by Gasteiger charge is 2.30. The number of hydrogen-bond acceptors (Lipinski definition) is 6. The van der Waals surface area contributed by atoms with Crippen LogP contribution in [0.25, 0.3) is 16.7 Å². The molecule has 13 heteroatoms. The van der Waals surface area contributed by atoms with E-state index in [4.69, 9.17) is 9.97 Å². The summed E-state index contributed by atoms with van der Waals surface area (Å²) in [5, 5.41) is 6.60. The molecule has 2 fully saturated rings. The van der Waals surface area contributed by atoms with Crippen molar-refractivity contribution >= 4 is 28.9 Å². The van der Waals surface area contributed by atoms with Gasteiger partial charge in [0.25, 0.3) is 11.5 Å². The molecule has 1 aliphatic carbocycles. The highest BCUT2D eigenvalue weighted by molar-refractivity contribution is 5.94. The van der Waals surface area contributed by atoms with Gasteiger partial charge in [-0.25, -0.2) is 9.78 Å². The number of aryl methyl sites for hydroxylation is 1. The molecule has 2 aliphatic rings. The molecule has 0 unspecified atom stereocenters. The zero-order chi connectivity index (χ0) is 33.1. The average molecular weight is 648 g/mol. The van der Waals surface area contributed by atoms with Gasteiger partial charge < -0.3 is 20.4 Å². The first-order valence-corrected chi connectivity index (χ1v) is 15.8. The van der Waals surface area contributed by atoms with Crippen LogP contribution in [0.4, 0.5) is 23.9 Å². The van der Waals surface area contributed by atoms with E-state index in [1.165, 1.54) is 29.2 Å². The molecule has 47 heavy (non-hydrogen) atoms. The third-order valence-corrected chi connectivity index (χ3v) is 8.83. The molecular weight excluding hydrogens is 611 g/mol. The molecule has 2 aromatic carbocycles. The van der Waals surface area contributed by atoms with Gasteiger partial charge in [0.05, 0.1) is 16.9 Å². The Hall–Kier alpha value is -4.94. The van der Waals surface area contributed by atoms with E-state index in [9.17, 15) is 27.6 Å². The molecule has 0 spiro atoms. The van der Waals surface area contributed by atoms with Crippen LogP contribution in [-0.2, 0) is 12.7 Å². The number of carbonyl (C=O) groups is 2. The van der Waals surface area contributed by atoms with Crippen molar-refractivity contribution in [3.63, 3.8) is 0 Å².